The van der Waals surface area contributed by atoms with Gasteiger partial charge in [-0.25, -0.2) is 4.79 Å². The maximum atomic E-state index is 11.8. The first kappa shape index (κ1) is 12.4. The van der Waals surface area contributed by atoms with Crippen molar-refractivity contribution in [2.75, 3.05) is 24.5 Å². The Kier molecular flexibility index (Phi) is 3.47. The van der Waals surface area contributed by atoms with Crippen LogP contribution in [-0.4, -0.2) is 46.7 Å². The van der Waals surface area contributed by atoms with Gasteiger partial charge in [0.1, 0.15) is 6.54 Å². The van der Waals surface area contributed by atoms with Gasteiger partial charge in [-0.1, -0.05) is 12.1 Å². The third kappa shape index (κ3) is 2.43. The number of nitrogens with zero attached hydrogens (tertiary/aromatic N) is 2. The predicted octanol–water partition coefficient (Wildman–Crippen LogP) is 0.506. The van der Waals surface area contributed by atoms with E-state index in [1.54, 1.807) is 29.2 Å². The number of benzene rings is 1. The van der Waals surface area contributed by atoms with Gasteiger partial charge in [-0.15, -0.1) is 0 Å². The topological polar surface area (TPSA) is 81.1 Å². The van der Waals surface area contributed by atoms with Gasteiger partial charge in [-0.05, 0) is 17.7 Å². The number of anilines is 1. The van der Waals surface area contributed by atoms with E-state index in [0.29, 0.717) is 13.1 Å². The molecule has 18 heavy (non-hydrogen) atoms. The minimum atomic E-state index is -1.07. The van der Waals surface area contributed by atoms with Crippen molar-refractivity contribution in [1.29, 1.82) is 0 Å². The van der Waals surface area contributed by atoms with Gasteiger partial charge < -0.3 is 15.1 Å². The van der Waals surface area contributed by atoms with Crippen LogP contribution in [0.25, 0.3) is 0 Å². The summed E-state index contributed by atoms with van der Waals surface area (Å²) in [6, 6.07) is 6.98. The van der Waals surface area contributed by atoms with Crippen molar-refractivity contribution in [2.24, 2.45) is 0 Å². The molecular formula is C12H14N2O4. The molecule has 1 aliphatic rings. The molecule has 1 aromatic carbocycles. The van der Waals surface area contributed by atoms with E-state index < -0.39 is 6.09 Å². The Morgan fingerprint density at radius 2 is 1.89 bits per heavy atom. The Morgan fingerprint density at radius 1 is 1.22 bits per heavy atom. The van der Waals surface area contributed by atoms with Gasteiger partial charge in [-0.2, -0.15) is 0 Å². The van der Waals surface area contributed by atoms with Crippen molar-refractivity contribution >= 4 is 17.7 Å². The van der Waals surface area contributed by atoms with E-state index in [0.717, 1.165) is 16.2 Å². The molecule has 96 valence electrons. The molecule has 1 saturated heterocycles. The molecule has 2 N–H and O–H groups in total. The molecule has 0 saturated carbocycles. The van der Waals surface area contributed by atoms with Gasteiger partial charge >= 0.3 is 6.09 Å². The van der Waals surface area contributed by atoms with Gasteiger partial charge in [0, 0.05) is 18.8 Å². The summed E-state index contributed by atoms with van der Waals surface area (Å²) in [6.07, 6.45) is -1.07. The van der Waals surface area contributed by atoms with Crippen molar-refractivity contribution in [2.45, 2.75) is 6.61 Å². The quantitative estimate of drug-likeness (QED) is 0.801. The highest BCUT2D eigenvalue weighted by Gasteiger charge is 2.27. The van der Waals surface area contributed by atoms with Crippen molar-refractivity contribution < 1.29 is 19.8 Å². The number of aliphatic hydroxyl groups excluding tert-OH is 1. The fourth-order valence-electron chi connectivity index (χ4n) is 1.89. The van der Waals surface area contributed by atoms with Crippen LogP contribution >= 0.6 is 0 Å². The first-order valence-electron chi connectivity index (χ1n) is 5.60. The molecule has 6 heteroatoms. The van der Waals surface area contributed by atoms with E-state index in [4.69, 9.17) is 10.2 Å². The summed E-state index contributed by atoms with van der Waals surface area (Å²) in [4.78, 5) is 25.2. The molecule has 0 radical (unpaired) electrons. The molecule has 0 unspecified atom stereocenters. The second-order valence-electron chi connectivity index (χ2n) is 4.07. The summed E-state index contributed by atoms with van der Waals surface area (Å²) < 4.78 is 0. The average Bonchev–Trinajstić information content (AvgIpc) is 2.38. The minimum absolute atomic E-state index is 0.0407. The zero-order chi connectivity index (χ0) is 13.1. The number of aliphatic hydroxyl groups is 1. The maximum absolute atomic E-state index is 11.8. The molecule has 0 aromatic heterocycles. The number of hydrogen-bond donors (Lipinski definition) is 2. The first-order chi connectivity index (χ1) is 8.61. The second kappa shape index (κ2) is 5.05. The minimum Gasteiger partial charge on any atom is -0.465 e. The van der Waals surface area contributed by atoms with Crippen LogP contribution in [0, 0.1) is 0 Å². The van der Waals surface area contributed by atoms with Crippen LogP contribution in [0.15, 0.2) is 24.3 Å². The SMILES string of the molecule is O=C(O)N1CCN(c2ccc(CO)cc2)C(=O)C1. The first-order valence-corrected chi connectivity index (χ1v) is 5.60. The molecule has 1 aliphatic heterocycles. The molecule has 1 fully saturated rings. The van der Waals surface area contributed by atoms with Crippen LogP contribution in [-0.2, 0) is 11.4 Å². The Hall–Kier alpha value is -2.08. The zero-order valence-electron chi connectivity index (χ0n) is 9.74. The molecule has 6 nitrogen and oxygen atoms in total. The second-order valence-corrected chi connectivity index (χ2v) is 4.07. The number of carbonyl (C=O) groups is 2. The smallest absolute Gasteiger partial charge is 0.407 e. The maximum Gasteiger partial charge on any atom is 0.407 e. The highest BCUT2D eigenvalue weighted by Crippen LogP contribution is 2.18. The van der Waals surface area contributed by atoms with Crippen LogP contribution < -0.4 is 4.90 Å². The Balaban J connectivity index is 2.10. The largest absolute Gasteiger partial charge is 0.465 e. The standard InChI is InChI=1S/C12H14N2O4/c15-8-9-1-3-10(4-2-9)14-6-5-13(12(17)18)7-11(14)16/h1-4,15H,5-8H2,(H,17,18). The number of hydrogen-bond acceptors (Lipinski definition) is 3. The lowest BCUT2D eigenvalue weighted by molar-refractivity contribution is -0.120. The summed E-state index contributed by atoms with van der Waals surface area (Å²) in [6.45, 7) is 0.504. The number of piperazine rings is 1. The van der Waals surface area contributed by atoms with Crippen molar-refractivity contribution in [1.82, 2.24) is 4.90 Å². The Morgan fingerprint density at radius 3 is 2.39 bits per heavy atom. The van der Waals surface area contributed by atoms with Crippen LogP contribution in [0.4, 0.5) is 10.5 Å². The van der Waals surface area contributed by atoms with Crippen LogP contribution in [0.1, 0.15) is 5.56 Å². The Labute approximate surface area is 104 Å². The van der Waals surface area contributed by atoms with E-state index >= 15 is 0 Å². The van der Waals surface area contributed by atoms with Gasteiger partial charge in [0.2, 0.25) is 5.91 Å². The third-order valence-electron chi connectivity index (χ3n) is 2.92. The highest BCUT2D eigenvalue weighted by molar-refractivity contribution is 5.97. The number of amides is 2. The summed E-state index contributed by atoms with van der Waals surface area (Å²) in [5.41, 5.74) is 1.50. The van der Waals surface area contributed by atoms with Crippen molar-refractivity contribution in [3.8, 4) is 0 Å². The van der Waals surface area contributed by atoms with Gasteiger partial charge in [0.15, 0.2) is 0 Å². The molecule has 2 amide bonds. The summed E-state index contributed by atoms with van der Waals surface area (Å²) >= 11 is 0. The summed E-state index contributed by atoms with van der Waals surface area (Å²) in [7, 11) is 0. The Bertz CT molecular complexity index is 458. The van der Waals surface area contributed by atoms with Crippen molar-refractivity contribution in [3.63, 3.8) is 0 Å². The van der Waals surface area contributed by atoms with Crippen LogP contribution in [0.5, 0.6) is 0 Å². The lowest BCUT2D eigenvalue weighted by Crippen LogP contribution is -2.52. The summed E-state index contributed by atoms with van der Waals surface area (Å²) in [5.74, 6) is -0.236. The zero-order valence-corrected chi connectivity index (χ0v) is 9.74. The monoisotopic (exact) mass is 250 g/mol. The van der Waals surface area contributed by atoms with Gasteiger partial charge in [0.05, 0.1) is 6.61 Å². The number of rotatable bonds is 2. The van der Waals surface area contributed by atoms with E-state index in [-0.39, 0.29) is 19.1 Å². The van der Waals surface area contributed by atoms with Crippen molar-refractivity contribution in [3.05, 3.63) is 29.8 Å². The lowest BCUT2D eigenvalue weighted by atomic mass is 10.2. The molecule has 0 aliphatic carbocycles. The third-order valence-corrected chi connectivity index (χ3v) is 2.92. The fraction of sp³-hybridized carbons (Fsp3) is 0.333. The fourth-order valence-corrected chi connectivity index (χ4v) is 1.89. The van der Waals surface area contributed by atoms with Gasteiger partial charge in [0.25, 0.3) is 0 Å². The van der Waals surface area contributed by atoms with E-state index in [9.17, 15) is 9.59 Å². The lowest BCUT2D eigenvalue weighted by Gasteiger charge is -2.32. The molecular weight excluding hydrogens is 236 g/mol. The van der Waals surface area contributed by atoms with Crippen LogP contribution in [0.2, 0.25) is 0 Å². The summed E-state index contributed by atoms with van der Waals surface area (Å²) in [5, 5.41) is 17.7. The van der Waals surface area contributed by atoms with E-state index in [1.807, 2.05) is 0 Å². The van der Waals surface area contributed by atoms with E-state index in [1.165, 1.54) is 0 Å². The normalized spacial score (nSPS) is 15.9. The highest BCUT2D eigenvalue weighted by atomic mass is 16.4. The molecule has 0 spiro atoms. The molecule has 0 bridgehead atoms. The van der Waals surface area contributed by atoms with E-state index in [2.05, 4.69) is 0 Å². The van der Waals surface area contributed by atoms with Crippen LogP contribution in [0.3, 0.4) is 0 Å². The number of carboxylic acid groups (broad SMARTS) is 1. The van der Waals surface area contributed by atoms with Gasteiger partial charge in [-0.3, -0.25) is 9.69 Å². The molecule has 1 aromatic rings. The predicted molar refractivity (Wildman–Crippen MR) is 64.3 cm³/mol. The molecule has 1 heterocycles. The number of carbonyl (C=O) groups excluding carboxylic acids is 1. The average molecular weight is 250 g/mol. The molecule has 0 atom stereocenters. The molecule has 2 rings (SSSR count).